The topological polar surface area (TPSA) is 56.5 Å². The molecule has 0 bridgehead atoms. The van der Waals surface area contributed by atoms with E-state index in [1.807, 2.05) is 91.9 Å². The van der Waals surface area contributed by atoms with Gasteiger partial charge in [-0.1, -0.05) is 140 Å². The monoisotopic (exact) mass is 667 g/mol. The summed E-state index contributed by atoms with van der Waals surface area (Å²) in [5.41, 5.74) is 8.52. The number of nitrogens with zero attached hydrogens (tertiary/aromatic N) is 5. The van der Waals surface area contributed by atoms with Crippen LogP contribution in [0.5, 0.6) is 0 Å². The Kier molecular flexibility index (Phi) is 7.79. The average Bonchev–Trinajstić information content (AvgIpc) is 3.56. The molecule has 0 atom stereocenters. The van der Waals surface area contributed by atoms with Gasteiger partial charge in [0.05, 0.1) is 22.2 Å². The summed E-state index contributed by atoms with van der Waals surface area (Å²) in [7, 11) is 0. The first-order chi connectivity index (χ1) is 25.7. The predicted molar refractivity (Wildman–Crippen MR) is 216 cm³/mol. The Morgan fingerprint density at radius 3 is 1.77 bits per heavy atom. The van der Waals surface area contributed by atoms with Crippen LogP contribution in [0.3, 0.4) is 0 Å². The molecule has 0 amide bonds. The van der Waals surface area contributed by atoms with Crippen LogP contribution in [0.15, 0.2) is 176 Å². The third-order valence-electron chi connectivity index (χ3n) is 9.48. The molecule has 5 nitrogen and oxygen atoms in total. The summed E-state index contributed by atoms with van der Waals surface area (Å²) < 4.78 is 2.32. The molecule has 9 rings (SSSR count). The van der Waals surface area contributed by atoms with Crippen LogP contribution in [-0.2, 0) is 0 Å². The fourth-order valence-electron chi connectivity index (χ4n) is 7.06. The Hall–Kier alpha value is -6.98. The Morgan fingerprint density at radius 2 is 1.12 bits per heavy atom. The van der Waals surface area contributed by atoms with E-state index >= 15 is 0 Å². The number of pyridine rings is 1. The van der Waals surface area contributed by atoms with Crippen molar-refractivity contribution >= 4 is 49.1 Å². The molecule has 3 heterocycles. The molecular formula is C47H33N5. The van der Waals surface area contributed by atoms with Crippen LogP contribution < -0.4 is 0 Å². The second-order valence-electron chi connectivity index (χ2n) is 12.7. The highest BCUT2D eigenvalue weighted by atomic mass is 15.0. The molecule has 3 aromatic heterocycles. The molecule has 0 aliphatic carbocycles. The lowest BCUT2D eigenvalue weighted by Crippen LogP contribution is -2.01. The summed E-state index contributed by atoms with van der Waals surface area (Å²) in [6, 6.07) is 50.0. The minimum Gasteiger partial charge on any atom is -0.307 e. The summed E-state index contributed by atoms with van der Waals surface area (Å²) in [4.78, 5) is 20.1. The fourth-order valence-corrected chi connectivity index (χ4v) is 7.06. The van der Waals surface area contributed by atoms with E-state index in [9.17, 15) is 0 Å². The van der Waals surface area contributed by atoms with E-state index in [4.69, 9.17) is 19.9 Å². The van der Waals surface area contributed by atoms with Crippen molar-refractivity contribution in [1.82, 2.24) is 24.5 Å². The minimum atomic E-state index is 0.615. The molecule has 246 valence electrons. The van der Waals surface area contributed by atoms with E-state index in [1.165, 1.54) is 10.8 Å². The second kappa shape index (κ2) is 13.0. The van der Waals surface area contributed by atoms with Gasteiger partial charge in [0.1, 0.15) is 0 Å². The van der Waals surface area contributed by atoms with Crippen LogP contribution in [0, 0.1) is 0 Å². The van der Waals surface area contributed by atoms with Gasteiger partial charge in [-0.25, -0.2) is 19.9 Å². The summed E-state index contributed by atoms with van der Waals surface area (Å²) in [6.07, 6.45) is 8.08. The molecule has 0 saturated carbocycles. The van der Waals surface area contributed by atoms with Crippen molar-refractivity contribution in [3.8, 4) is 39.9 Å². The SMILES string of the molecule is C=C(/C=C\C=C/C)c1nc2ccc3ccccc3c2c2c3ccccc3n(-c3ccc(-c4nc(-c5ccccc5)nc(-c5ccccc5)n4)cc3)c12. The van der Waals surface area contributed by atoms with E-state index in [1.54, 1.807) is 0 Å². The van der Waals surface area contributed by atoms with Gasteiger partial charge in [0, 0.05) is 38.5 Å². The lowest BCUT2D eigenvalue weighted by atomic mass is 9.98. The van der Waals surface area contributed by atoms with Crippen molar-refractivity contribution in [3.05, 3.63) is 182 Å². The smallest absolute Gasteiger partial charge is 0.164 e. The molecule has 52 heavy (non-hydrogen) atoms. The second-order valence-corrected chi connectivity index (χ2v) is 12.7. The van der Waals surface area contributed by atoms with Gasteiger partial charge >= 0.3 is 0 Å². The standard InChI is InChI=1S/C47H33N5/c1-3-4-7-16-31(2)43-44-42(41-37-22-13-12-17-32(37)27-30-39(41)48-43)38-23-14-15-24-40(38)52(44)36-28-25-35(26-29-36)47-50-45(33-18-8-5-9-19-33)49-46(51-47)34-20-10-6-11-21-34/h3-30H,2H2,1H3/b4-3-,16-7-. The van der Waals surface area contributed by atoms with E-state index in [0.29, 0.717) is 17.5 Å². The van der Waals surface area contributed by atoms with Crippen molar-refractivity contribution < 1.29 is 0 Å². The first-order valence-electron chi connectivity index (χ1n) is 17.4. The Labute approximate surface area is 301 Å². The lowest BCUT2D eigenvalue weighted by molar-refractivity contribution is 1.07. The zero-order valence-electron chi connectivity index (χ0n) is 28.6. The van der Waals surface area contributed by atoms with Gasteiger partial charge in [0.2, 0.25) is 0 Å². The van der Waals surface area contributed by atoms with Gasteiger partial charge in [-0.05, 0) is 59.7 Å². The number of para-hydroxylation sites is 1. The summed E-state index contributed by atoms with van der Waals surface area (Å²) in [6.45, 7) is 6.53. The maximum absolute atomic E-state index is 5.33. The maximum atomic E-state index is 5.33. The van der Waals surface area contributed by atoms with E-state index < -0.39 is 0 Å². The zero-order valence-corrected chi connectivity index (χ0v) is 28.6. The van der Waals surface area contributed by atoms with Crippen LogP contribution in [0.4, 0.5) is 0 Å². The first-order valence-corrected chi connectivity index (χ1v) is 17.4. The van der Waals surface area contributed by atoms with Crippen LogP contribution in [0.1, 0.15) is 12.6 Å². The molecule has 0 aliphatic heterocycles. The van der Waals surface area contributed by atoms with E-state index in [2.05, 4.69) is 96.1 Å². The van der Waals surface area contributed by atoms with Crippen molar-refractivity contribution in [3.63, 3.8) is 0 Å². The molecule has 0 N–H and O–H groups in total. The van der Waals surface area contributed by atoms with Crippen LogP contribution in [0.25, 0.3) is 88.9 Å². The fraction of sp³-hybridized carbons (Fsp3) is 0.0213. The highest BCUT2D eigenvalue weighted by Crippen LogP contribution is 2.42. The molecule has 0 fully saturated rings. The number of allylic oxidation sites excluding steroid dienone is 5. The summed E-state index contributed by atoms with van der Waals surface area (Å²) in [5, 5.41) is 5.82. The summed E-state index contributed by atoms with van der Waals surface area (Å²) in [5.74, 6) is 1.88. The van der Waals surface area contributed by atoms with Crippen LogP contribution in [0.2, 0.25) is 0 Å². The predicted octanol–water partition coefficient (Wildman–Crippen LogP) is 11.8. The minimum absolute atomic E-state index is 0.615. The van der Waals surface area contributed by atoms with Crippen molar-refractivity contribution in [2.45, 2.75) is 6.92 Å². The zero-order chi connectivity index (χ0) is 35.0. The average molecular weight is 668 g/mol. The Bertz CT molecular complexity index is 2790. The summed E-state index contributed by atoms with van der Waals surface area (Å²) >= 11 is 0. The number of rotatable bonds is 7. The number of fused-ring (bicyclic) bond motifs is 7. The molecule has 5 heteroatoms. The van der Waals surface area contributed by atoms with Gasteiger partial charge in [-0.2, -0.15) is 0 Å². The van der Waals surface area contributed by atoms with Crippen LogP contribution in [-0.4, -0.2) is 24.5 Å². The largest absolute Gasteiger partial charge is 0.307 e. The van der Waals surface area contributed by atoms with Gasteiger partial charge < -0.3 is 4.57 Å². The van der Waals surface area contributed by atoms with Crippen molar-refractivity contribution in [2.24, 2.45) is 0 Å². The number of benzene rings is 6. The number of hydrogen-bond acceptors (Lipinski definition) is 4. The molecule has 0 aliphatic rings. The van der Waals surface area contributed by atoms with Gasteiger partial charge in [0.25, 0.3) is 0 Å². The molecule has 0 radical (unpaired) electrons. The maximum Gasteiger partial charge on any atom is 0.164 e. The molecular weight excluding hydrogens is 635 g/mol. The highest BCUT2D eigenvalue weighted by Gasteiger charge is 2.22. The lowest BCUT2D eigenvalue weighted by Gasteiger charge is -2.14. The van der Waals surface area contributed by atoms with Crippen LogP contribution >= 0.6 is 0 Å². The molecule has 0 spiro atoms. The van der Waals surface area contributed by atoms with Crippen molar-refractivity contribution in [2.75, 3.05) is 0 Å². The highest BCUT2D eigenvalue weighted by molar-refractivity contribution is 6.28. The Morgan fingerprint density at radius 1 is 0.538 bits per heavy atom. The van der Waals surface area contributed by atoms with Gasteiger partial charge in [-0.15, -0.1) is 0 Å². The third-order valence-corrected chi connectivity index (χ3v) is 9.48. The normalized spacial score (nSPS) is 11.9. The number of hydrogen-bond donors (Lipinski definition) is 0. The van der Waals surface area contributed by atoms with E-state index in [-0.39, 0.29) is 0 Å². The van der Waals surface area contributed by atoms with Gasteiger partial charge in [0.15, 0.2) is 17.5 Å². The third kappa shape index (κ3) is 5.36. The molecule has 6 aromatic carbocycles. The first kappa shape index (κ1) is 31.0. The molecule has 0 unspecified atom stereocenters. The van der Waals surface area contributed by atoms with Gasteiger partial charge in [-0.3, -0.25) is 0 Å². The molecule has 9 aromatic rings. The quantitative estimate of drug-likeness (QED) is 0.125. The van der Waals surface area contributed by atoms with Crippen molar-refractivity contribution in [1.29, 1.82) is 0 Å². The van der Waals surface area contributed by atoms with E-state index in [0.717, 1.165) is 66.4 Å². The Balaban J connectivity index is 1.28. The number of aromatic nitrogens is 5. The molecule has 0 saturated heterocycles.